The van der Waals surface area contributed by atoms with Crippen molar-refractivity contribution in [3.05, 3.63) is 114 Å². The molecule has 1 amide bonds. The molecular weight excluding hydrogens is 410 g/mol. The van der Waals surface area contributed by atoms with Gasteiger partial charge >= 0.3 is 0 Å². The summed E-state index contributed by atoms with van der Waals surface area (Å²) < 4.78 is 7.44. The zero-order chi connectivity index (χ0) is 23.0. The third-order valence-corrected chi connectivity index (χ3v) is 5.54. The predicted molar refractivity (Wildman–Crippen MR) is 132 cm³/mol. The van der Waals surface area contributed by atoms with E-state index >= 15 is 0 Å². The summed E-state index contributed by atoms with van der Waals surface area (Å²) >= 11 is 0. The van der Waals surface area contributed by atoms with E-state index in [1.807, 2.05) is 66.5 Å². The largest absolute Gasteiger partial charge is 0.496 e. The number of aromatic nitrogens is 2. The second kappa shape index (κ2) is 10.5. The topological polar surface area (TPSA) is 56.1 Å². The van der Waals surface area contributed by atoms with Gasteiger partial charge in [-0.1, -0.05) is 66.7 Å². The molecule has 0 aliphatic heterocycles. The molecule has 1 N–H and O–H groups in total. The Kier molecular flexibility index (Phi) is 7.00. The van der Waals surface area contributed by atoms with Gasteiger partial charge in [0.05, 0.1) is 13.4 Å². The third-order valence-electron chi connectivity index (χ3n) is 5.54. The number of methoxy groups -OCH3 is 1. The normalized spacial score (nSPS) is 11.3. The zero-order valence-corrected chi connectivity index (χ0v) is 18.9. The second-order valence-electron chi connectivity index (χ2n) is 7.83. The van der Waals surface area contributed by atoms with E-state index in [9.17, 15) is 4.79 Å². The maximum absolute atomic E-state index is 12.6. The summed E-state index contributed by atoms with van der Waals surface area (Å²) in [4.78, 5) is 16.7. The molecule has 1 aromatic heterocycles. The van der Waals surface area contributed by atoms with Gasteiger partial charge in [-0.15, -0.1) is 0 Å². The Morgan fingerprint density at radius 3 is 2.55 bits per heavy atom. The maximum atomic E-state index is 12.6. The van der Waals surface area contributed by atoms with Gasteiger partial charge in [0.2, 0.25) is 5.91 Å². The number of ether oxygens (including phenoxy) is 1. The Morgan fingerprint density at radius 1 is 1.03 bits per heavy atom. The minimum atomic E-state index is -0.135. The summed E-state index contributed by atoms with van der Waals surface area (Å²) in [5.41, 5.74) is 6.27. The Morgan fingerprint density at radius 2 is 1.79 bits per heavy atom. The highest BCUT2D eigenvalue weighted by Crippen LogP contribution is 2.26. The van der Waals surface area contributed by atoms with Crippen LogP contribution in [0.4, 0.5) is 0 Å². The predicted octanol–water partition coefficient (Wildman–Crippen LogP) is 5.33. The van der Waals surface area contributed by atoms with E-state index in [1.54, 1.807) is 19.4 Å². The highest BCUT2D eigenvalue weighted by Gasteiger charge is 2.08. The zero-order valence-electron chi connectivity index (χ0n) is 18.9. The number of nitrogens with zero attached hydrogens (tertiary/aromatic N) is 2. The fraction of sp³-hybridized carbons (Fsp3) is 0.143. The lowest BCUT2D eigenvalue weighted by atomic mass is 9.98. The number of carbonyl (C=O) groups excluding carboxylic acids is 1. The van der Waals surface area contributed by atoms with Crippen LogP contribution in [0.25, 0.3) is 16.7 Å². The minimum Gasteiger partial charge on any atom is -0.496 e. The van der Waals surface area contributed by atoms with Crippen LogP contribution in [0.5, 0.6) is 5.75 Å². The first kappa shape index (κ1) is 22.1. The molecule has 33 heavy (non-hydrogen) atoms. The van der Waals surface area contributed by atoms with Gasteiger partial charge in [-0.2, -0.15) is 0 Å². The van der Waals surface area contributed by atoms with Gasteiger partial charge in [-0.3, -0.25) is 4.79 Å². The summed E-state index contributed by atoms with van der Waals surface area (Å²) in [6, 6.07) is 24.3. The summed E-state index contributed by atoms with van der Waals surface area (Å²) in [5, 5.41) is 3.02. The second-order valence-corrected chi connectivity index (χ2v) is 7.83. The van der Waals surface area contributed by atoms with Gasteiger partial charge in [-0.05, 0) is 40.8 Å². The van der Waals surface area contributed by atoms with Crippen molar-refractivity contribution >= 4 is 11.5 Å². The van der Waals surface area contributed by atoms with Crippen LogP contribution in [0.2, 0.25) is 0 Å². The van der Waals surface area contributed by atoms with Gasteiger partial charge in [-0.25, -0.2) is 4.98 Å². The summed E-state index contributed by atoms with van der Waals surface area (Å²) in [6.07, 6.45) is 7.17. The molecule has 0 aliphatic rings. The molecule has 0 atom stereocenters. The Balaban J connectivity index is 1.45. The molecule has 0 saturated carbocycles. The van der Waals surface area contributed by atoms with Crippen LogP contribution in [-0.4, -0.2) is 22.6 Å². The van der Waals surface area contributed by atoms with Gasteiger partial charge in [0.15, 0.2) is 0 Å². The molecule has 0 unspecified atom stereocenters. The number of hydrogen-bond acceptors (Lipinski definition) is 3. The van der Waals surface area contributed by atoms with Crippen molar-refractivity contribution in [3.8, 4) is 16.9 Å². The van der Waals surface area contributed by atoms with Crippen molar-refractivity contribution in [2.45, 2.75) is 20.0 Å². The molecule has 5 heteroatoms. The Hall–Kier alpha value is -4.12. The molecule has 1 heterocycles. The first-order valence-electron chi connectivity index (χ1n) is 10.9. The Labute approximate surface area is 194 Å². The lowest BCUT2D eigenvalue weighted by molar-refractivity contribution is -0.116. The van der Waals surface area contributed by atoms with E-state index in [-0.39, 0.29) is 5.91 Å². The van der Waals surface area contributed by atoms with Gasteiger partial charge in [0.1, 0.15) is 5.75 Å². The van der Waals surface area contributed by atoms with E-state index in [0.29, 0.717) is 6.54 Å². The molecule has 3 aromatic carbocycles. The van der Waals surface area contributed by atoms with E-state index < -0.39 is 0 Å². The maximum Gasteiger partial charge on any atom is 0.244 e. The van der Waals surface area contributed by atoms with Crippen LogP contribution in [0.3, 0.4) is 0 Å². The number of para-hydroxylation sites is 1. The van der Waals surface area contributed by atoms with Crippen molar-refractivity contribution in [1.82, 2.24) is 14.9 Å². The molecular formula is C28H27N3O2. The molecule has 0 saturated heterocycles. The highest BCUT2D eigenvalue weighted by molar-refractivity contribution is 5.95. The number of imidazole rings is 1. The first-order valence-corrected chi connectivity index (χ1v) is 10.9. The summed E-state index contributed by atoms with van der Waals surface area (Å²) in [7, 11) is 1.63. The van der Waals surface area contributed by atoms with E-state index in [1.165, 1.54) is 5.56 Å². The van der Waals surface area contributed by atoms with Crippen LogP contribution in [-0.2, 0) is 17.9 Å². The van der Waals surface area contributed by atoms with E-state index in [0.717, 1.165) is 40.1 Å². The lowest BCUT2D eigenvalue weighted by Crippen LogP contribution is -2.21. The quantitative estimate of drug-likeness (QED) is 0.379. The van der Waals surface area contributed by atoms with Crippen LogP contribution in [0.1, 0.15) is 23.6 Å². The number of benzene rings is 3. The van der Waals surface area contributed by atoms with Gasteiger partial charge in [0, 0.05) is 37.1 Å². The molecule has 5 nitrogen and oxygen atoms in total. The van der Waals surface area contributed by atoms with Crippen molar-refractivity contribution in [1.29, 1.82) is 0 Å². The minimum absolute atomic E-state index is 0.135. The smallest absolute Gasteiger partial charge is 0.244 e. The van der Waals surface area contributed by atoms with Gasteiger partial charge in [0.25, 0.3) is 0 Å². The summed E-state index contributed by atoms with van der Waals surface area (Å²) in [6.45, 7) is 3.15. The number of carbonyl (C=O) groups is 1. The molecule has 166 valence electrons. The van der Waals surface area contributed by atoms with Crippen molar-refractivity contribution in [2.24, 2.45) is 0 Å². The number of amides is 1. The van der Waals surface area contributed by atoms with E-state index in [2.05, 4.69) is 40.6 Å². The van der Waals surface area contributed by atoms with Gasteiger partial charge < -0.3 is 14.6 Å². The average Bonchev–Trinajstić information content (AvgIpc) is 3.36. The van der Waals surface area contributed by atoms with Crippen molar-refractivity contribution < 1.29 is 9.53 Å². The van der Waals surface area contributed by atoms with Crippen LogP contribution in [0.15, 0.2) is 97.6 Å². The lowest BCUT2D eigenvalue weighted by Gasteiger charge is -2.12. The molecule has 0 fully saturated rings. The number of hydrogen-bond donors (Lipinski definition) is 1. The van der Waals surface area contributed by atoms with Crippen LogP contribution in [0, 0.1) is 0 Å². The van der Waals surface area contributed by atoms with Crippen LogP contribution < -0.4 is 10.1 Å². The first-order chi connectivity index (χ1) is 16.1. The van der Waals surface area contributed by atoms with E-state index in [4.69, 9.17) is 4.74 Å². The molecule has 0 spiro atoms. The molecule has 0 radical (unpaired) electrons. The molecule has 4 rings (SSSR count). The molecule has 0 bridgehead atoms. The fourth-order valence-corrected chi connectivity index (χ4v) is 3.82. The number of nitrogens with one attached hydrogen (secondary N) is 1. The van der Waals surface area contributed by atoms with Crippen molar-refractivity contribution in [2.75, 3.05) is 7.11 Å². The monoisotopic (exact) mass is 437 g/mol. The Bertz CT molecular complexity index is 1240. The third kappa shape index (κ3) is 5.57. The number of allylic oxidation sites excluding steroid dienone is 1. The average molecular weight is 438 g/mol. The molecule has 4 aromatic rings. The SMILES string of the molecule is COc1ccccc1/C(C)=C/C(=O)NCc1ccccc1-c1ccc(Cn2ccnc2)cc1. The molecule has 0 aliphatic carbocycles. The fourth-order valence-electron chi connectivity index (χ4n) is 3.82. The van der Waals surface area contributed by atoms with Crippen LogP contribution >= 0.6 is 0 Å². The highest BCUT2D eigenvalue weighted by atomic mass is 16.5. The number of rotatable bonds is 8. The van der Waals surface area contributed by atoms with Crippen molar-refractivity contribution in [3.63, 3.8) is 0 Å². The standard InChI is InChI=1S/C28H27N3O2/c1-21(25-8-5-6-10-27(25)33-2)17-28(32)30-18-24-7-3-4-9-26(24)23-13-11-22(12-14-23)19-31-16-15-29-20-31/h3-17,20H,18-19H2,1-2H3,(H,30,32)/b21-17+. The summed E-state index contributed by atoms with van der Waals surface area (Å²) in [5.74, 6) is 0.616.